The number of nitrogens with zero attached hydrogens (tertiary/aromatic N) is 2. The van der Waals surface area contributed by atoms with Crippen LogP contribution < -0.4 is 5.73 Å². The molecule has 0 aliphatic carbocycles. The lowest BCUT2D eigenvalue weighted by molar-refractivity contribution is 0.0674. The molecule has 0 saturated carbocycles. The highest BCUT2D eigenvalue weighted by Gasteiger charge is 2.11. The van der Waals surface area contributed by atoms with Crippen molar-refractivity contribution in [3.8, 4) is 0 Å². The first kappa shape index (κ1) is 13.9. The normalized spacial score (nSPS) is 16.7. The van der Waals surface area contributed by atoms with Crippen LogP contribution in [0.2, 0.25) is 0 Å². The number of aliphatic imine (C=N–C) groups is 1. The third-order valence-electron chi connectivity index (χ3n) is 3.62. The van der Waals surface area contributed by atoms with Gasteiger partial charge < -0.3 is 15.4 Å². The average molecular weight is 261 g/mol. The van der Waals surface area contributed by atoms with Crippen LogP contribution in [0, 0.1) is 13.8 Å². The van der Waals surface area contributed by atoms with E-state index in [0.717, 1.165) is 39.3 Å². The van der Waals surface area contributed by atoms with Gasteiger partial charge in [-0.25, -0.2) is 0 Å². The maximum atomic E-state index is 6.01. The SMILES string of the molecule is Cc1cccc(C)c1CCN=C(N)N1CCOCC1. The van der Waals surface area contributed by atoms with Crippen LogP contribution in [0.25, 0.3) is 0 Å². The van der Waals surface area contributed by atoms with Crippen molar-refractivity contribution in [3.63, 3.8) is 0 Å². The summed E-state index contributed by atoms with van der Waals surface area (Å²) in [6.45, 7) is 8.22. The summed E-state index contributed by atoms with van der Waals surface area (Å²) in [4.78, 5) is 6.58. The molecule has 2 N–H and O–H groups in total. The van der Waals surface area contributed by atoms with Crippen molar-refractivity contribution in [2.75, 3.05) is 32.8 Å². The highest BCUT2D eigenvalue weighted by Crippen LogP contribution is 2.13. The van der Waals surface area contributed by atoms with Crippen molar-refractivity contribution in [3.05, 3.63) is 34.9 Å². The van der Waals surface area contributed by atoms with E-state index in [-0.39, 0.29) is 0 Å². The molecule has 19 heavy (non-hydrogen) atoms. The molecule has 104 valence electrons. The number of nitrogens with two attached hydrogens (primary N) is 1. The lowest BCUT2D eigenvalue weighted by Gasteiger charge is -2.27. The van der Waals surface area contributed by atoms with Gasteiger partial charge in [-0.05, 0) is 37.0 Å². The topological polar surface area (TPSA) is 50.8 Å². The molecule has 1 saturated heterocycles. The van der Waals surface area contributed by atoms with Crippen LogP contribution in [0.1, 0.15) is 16.7 Å². The van der Waals surface area contributed by atoms with Gasteiger partial charge in [-0.15, -0.1) is 0 Å². The van der Waals surface area contributed by atoms with Crippen molar-refractivity contribution in [2.45, 2.75) is 20.3 Å². The molecule has 2 rings (SSSR count). The second-order valence-electron chi connectivity index (χ2n) is 4.96. The van der Waals surface area contributed by atoms with Crippen molar-refractivity contribution in [2.24, 2.45) is 10.7 Å². The smallest absolute Gasteiger partial charge is 0.191 e. The van der Waals surface area contributed by atoms with Crippen molar-refractivity contribution < 1.29 is 4.74 Å². The van der Waals surface area contributed by atoms with Gasteiger partial charge >= 0.3 is 0 Å². The molecule has 1 aliphatic heterocycles. The van der Waals surface area contributed by atoms with Gasteiger partial charge in [-0.2, -0.15) is 0 Å². The summed E-state index contributed by atoms with van der Waals surface area (Å²) in [6.07, 6.45) is 0.948. The van der Waals surface area contributed by atoms with Gasteiger partial charge in [0.15, 0.2) is 5.96 Å². The maximum Gasteiger partial charge on any atom is 0.191 e. The Morgan fingerprint density at radius 1 is 1.26 bits per heavy atom. The van der Waals surface area contributed by atoms with Crippen LogP contribution in [-0.2, 0) is 11.2 Å². The molecule has 0 aromatic heterocycles. The molecular weight excluding hydrogens is 238 g/mol. The molecule has 4 heteroatoms. The standard InChI is InChI=1S/C15H23N3O/c1-12-4-3-5-13(2)14(12)6-7-17-15(16)18-8-10-19-11-9-18/h3-5H,6-11H2,1-2H3,(H2,16,17). The molecule has 0 atom stereocenters. The monoisotopic (exact) mass is 261 g/mol. The Labute approximate surface area is 115 Å². The number of guanidine groups is 1. The van der Waals surface area contributed by atoms with E-state index in [0.29, 0.717) is 5.96 Å². The molecule has 1 aliphatic rings. The lowest BCUT2D eigenvalue weighted by atomic mass is 10.0. The zero-order valence-electron chi connectivity index (χ0n) is 11.9. The van der Waals surface area contributed by atoms with Crippen molar-refractivity contribution in [1.82, 2.24) is 4.90 Å². The number of hydrogen-bond donors (Lipinski definition) is 1. The number of hydrogen-bond acceptors (Lipinski definition) is 2. The van der Waals surface area contributed by atoms with Gasteiger partial charge in [0.25, 0.3) is 0 Å². The van der Waals surface area contributed by atoms with Gasteiger partial charge in [0.2, 0.25) is 0 Å². The first-order chi connectivity index (χ1) is 9.18. The van der Waals surface area contributed by atoms with Crippen LogP contribution >= 0.6 is 0 Å². The van der Waals surface area contributed by atoms with Crippen LogP contribution in [0.5, 0.6) is 0 Å². The Morgan fingerprint density at radius 3 is 2.53 bits per heavy atom. The molecule has 0 unspecified atom stereocenters. The molecule has 4 nitrogen and oxygen atoms in total. The Bertz CT molecular complexity index is 430. The van der Waals surface area contributed by atoms with Gasteiger partial charge in [0, 0.05) is 19.6 Å². The zero-order chi connectivity index (χ0) is 13.7. The number of morpholine rings is 1. The predicted octanol–water partition coefficient (Wildman–Crippen LogP) is 1.49. The fourth-order valence-electron chi connectivity index (χ4n) is 2.42. The van der Waals surface area contributed by atoms with Crippen LogP contribution in [0.3, 0.4) is 0 Å². The fourth-order valence-corrected chi connectivity index (χ4v) is 2.42. The molecule has 1 heterocycles. The molecule has 1 fully saturated rings. The van der Waals surface area contributed by atoms with Crippen molar-refractivity contribution in [1.29, 1.82) is 0 Å². The number of rotatable bonds is 3. The van der Waals surface area contributed by atoms with Gasteiger partial charge in [-0.1, -0.05) is 18.2 Å². The van der Waals surface area contributed by atoms with E-state index >= 15 is 0 Å². The summed E-state index contributed by atoms with van der Waals surface area (Å²) in [6, 6.07) is 6.40. The highest BCUT2D eigenvalue weighted by molar-refractivity contribution is 5.78. The Morgan fingerprint density at radius 2 is 1.89 bits per heavy atom. The average Bonchev–Trinajstić information content (AvgIpc) is 2.43. The second kappa shape index (κ2) is 6.57. The van der Waals surface area contributed by atoms with E-state index in [1.165, 1.54) is 16.7 Å². The summed E-state index contributed by atoms with van der Waals surface area (Å²) in [5, 5.41) is 0. The minimum Gasteiger partial charge on any atom is -0.378 e. The first-order valence-corrected chi connectivity index (χ1v) is 6.86. The predicted molar refractivity (Wildman–Crippen MR) is 78.5 cm³/mol. The summed E-state index contributed by atoms with van der Waals surface area (Å²) < 4.78 is 5.30. The second-order valence-corrected chi connectivity index (χ2v) is 4.96. The minimum atomic E-state index is 0.648. The molecule has 0 radical (unpaired) electrons. The van der Waals surface area contributed by atoms with Gasteiger partial charge in [0.1, 0.15) is 0 Å². The minimum absolute atomic E-state index is 0.648. The van der Waals surface area contributed by atoms with E-state index < -0.39 is 0 Å². The van der Waals surface area contributed by atoms with Crippen LogP contribution in [-0.4, -0.2) is 43.7 Å². The van der Waals surface area contributed by atoms with Crippen molar-refractivity contribution >= 4 is 5.96 Å². The molecule has 0 amide bonds. The molecule has 1 aromatic carbocycles. The summed E-state index contributed by atoms with van der Waals surface area (Å²) >= 11 is 0. The highest BCUT2D eigenvalue weighted by atomic mass is 16.5. The first-order valence-electron chi connectivity index (χ1n) is 6.86. The Kier molecular flexibility index (Phi) is 4.80. The van der Waals surface area contributed by atoms with E-state index in [2.05, 4.69) is 41.9 Å². The number of aryl methyl sites for hydroxylation is 2. The maximum absolute atomic E-state index is 6.01. The number of ether oxygens (including phenoxy) is 1. The quantitative estimate of drug-likeness (QED) is 0.662. The largest absolute Gasteiger partial charge is 0.378 e. The summed E-state index contributed by atoms with van der Waals surface area (Å²) in [5.74, 6) is 0.648. The lowest BCUT2D eigenvalue weighted by Crippen LogP contribution is -2.44. The summed E-state index contributed by atoms with van der Waals surface area (Å²) in [7, 11) is 0. The van der Waals surface area contributed by atoms with Gasteiger partial charge in [0.05, 0.1) is 13.2 Å². The molecular formula is C15H23N3O. The molecule has 0 spiro atoms. The molecule has 0 bridgehead atoms. The van der Waals surface area contributed by atoms with Crippen LogP contribution in [0.15, 0.2) is 23.2 Å². The zero-order valence-corrected chi connectivity index (χ0v) is 11.9. The Hall–Kier alpha value is -1.55. The number of benzene rings is 1. The fraction of sp³-hybridized carbons (Fsp3) is 0.533. The van der Waals surface area contributed by atoms with E-state index in [9.17, 15) is 0 Å². The van der Waals surface area contributed by atoms with Gasteiger partial charge in [-0.3, -0.25) is 4.99 Å². The molecule has 1 aromatic rings. The third kappa shape index (κ3) is 3.70. The van der Waals surface area contributed by atoms with E-state index in [1.807, 2.05) is 0 Å². The Balaban J connectivity index is 1.91. The third-order valence-corrected chi connectivity index (χ3v) is 3.62. The summed E-state index contributed by atoms with van der Waals surface area (Å²) in [5.41, 5.74) is 10.1. The van der Waals surface area contributed by atoms with Crippen LogP contribution in [0.4, 0.5) is 0 Å². The van der Waals surface area contributed by atoms with E-state index in [1.54, 1.807) is 0 Å². The van der Waals surface area contributed by atoms with E-state index in [4.69, 9.17) is 10.5 Å².